The first-order valence-corrected chi connectivity index (χ1v) is 6.19. The van der Waals surface area contributed by atoms with Crippen molar-refractivity contribution in [1.82, 2.24) is 5.32 Å². The Kier molecular flexibility index (Phi) is 4.81. The van der Waals surface area contributed by atoms with Gasteiger partial charge in [0, 0.05) is 6.54 Å². The molecule has 0 aliphatic carbocycles. The molecule has 1 atom stereocenters. The lowest BCUT2D eigenvalue weighted by Crippen LogP contribution is -2.37. The Labute approximate surface area is 107 Å². The van der Waals surface area contributed by atoms with Crippen molar-refractivity contribution in [2.45, 2.75) is 25.6 Å². The second-order valence-corrected chi connectivity index (χ2v) is 4.38. The zero-order chi connectivity index (χ0) is 12.8. The Morgan fingerprint density at radius 3 is 2.94 bits per heavy atom. The molecule has 1 heterocycles. The molecule has 5 nitrogen and oxygen atoms in total. The lowest BCUT2D eigenvalue weighted by atomic mass is 10.1. The summed E-state index contributed by atoms with van der Waals surface area (Å²) in [5.74, 6) is 6.57. The molecule has 0 spiro atoms. The van der Waals surface area contributed by atoms with Crippen molar-refractivity contribution in [1.29, 1.82) is 0 Å². The maximum Gasteiger partial charge on any atom is 0.162 e. The predicted octanol–water partition coefficient (Wildman–Crippen LogP) is 1.22. The molecule has 100 valence electrons. The number of methoxy groups -OCH3 is 1. The Morgan fingerprint density at radius 1 is 1.39 bits per heavy atom. The van der Waals surface area contributed by atoms with Gasteiger partial charge in [0.15, 0.2) is 11.5 Å². The molecular formula is C13H20N2O3. The topological polar surface area (TPSA) is 65.7 Å². The Bertz CT molecular complexity index is 378. The van der Waals surface area contributed by atoms with Gasteiger partial charge in [-0.25, -0.2) is 5.90 Å². The highest BCUT2D eigenvalue weighted by atomic mass is 16.6. The fraction of sp³-hybridized carbons (Fsp3) is 0.538. The monoisotopic (exact) mass is 252 g/mol. The highest BCUT2D eigenvalue weighted by Gasteiger charge is 2.16. The number of hydrogen-bond acceptors (Lipinski definition) is 5. The van der Waals surface area contributed by atoms with Gasteiger partial charge in [0.1, 0.15) is 6.10 Å². The van der Waals surface area contributed by atoms with Crippen LogP contribution in [0.4, 0.5) is 0 Å². The van der Waals surface area contributed by atoms with Gasteiger partial charge in [0.05, 0.1) is 13.7 Å². The molecule has 0 amide bonds. The summed E-state index contributed by atoms with van der Waals surface area (Å²) in [5, 5.41) is 3.32. The normalized spacial score (nSPS) is 19.6. The standard InChI is InChI=1S/C13H20N2O3/c1-16-12-5-4-10(9-17-14)7-13(12)18-11-3-2-6-15-8-11/h4-5,7,11,15H,2-3,6,8-9,14H2,1H3. The third kappa shape index (κ3) is 3.35. The minimum absolute atomic E-state index is 0.196. The number of nitrogens with two attached hydrogens (primary N) is 1. The van der Waals surface area contributed by atoms with Crippen LogP contribution in [-0.2, 0) is 11.4 Å². The summed E-state index contributed by atoms with van der Waals surface area (Å²) in [6.45, 7) is 2.31. The van der Waals surface area contributed by atoms with E-state index in [2.05, 4.69) is 10.2 Å². The van der Waals surface area contributed by atoms with Gasteiger partial charge in [0.2, 0.25) is 0 Å². The fourth-order valence-corrected chi connectivity index (χ4v) is 2.10. The van der Waals surface area contributed by atoms with Crippen LogP contribution in [0.5, 0.6) is 11.5 Å². The Morgan fingerprint density at radius 2 is 2.28 bits per heavy atom. The Balaban J connectivity index is 2.09. The molecule has 2 rings (SSSR count). The van der Waals surface area contributed by atoms with Crippen molar-refractivity contribution < 1.29 is 14.3 Å². The van der Waals surface area contributed by atoms with Crippen LogP contribution in [0.25, 0.3) is 0 Å². The molecule has 3 N–H and O–H groups in total. The number of ether oxygens (including phenoxy) is 2. The largest absolute Gasteiger partial charge is 0.493 e. The van der Waals surface area contributed by atoms with E-state index in [0.29, 0.717) is 6.61 Å². The minimum atomic E-state index is 0.196. The SMILES string of the molecule is COc1ccc(CON)cc1OC1CCCNC1. The van der Waals surface area contributed by atoms with Crippen LogP contribution < -0.4 is 20.7 Å². The first kappa shape index (κ1) is 13.1. The van der Waals surface area contributed by atoms with Gasteiger partial charge in [-0.2, -0.15) is 0 Å². The summed E-state index contributed by atoms with van der Waals surface area (Å²) in [6.07, 6.45) is 2.40. The first-order valence-electron chi connectivity index (χ1n) is 6.19. The molecule has 1 unspecified atom stereocenters. The van der Waals surface area contributed by atoms with Crippen LogP contribution in [0.2, 0.25) is 0 Å². The zero-order valence-electron chi connectivity index (χ0n) is 10.6. The highest BCUT2D eigenvalue weighted by molar-refractivity contribution is 5.43. The second-order valence-electron chi connectivity index (χ2n) is 4.38. The van der Waals surface area contributed by atoms with Gasteiger partial charge in [-0.1, -0.05) is 6.07 Å². The van der Waals surface area contributed by atoms with Gasteiger partial charge >= 0.3 is 0 Å². The molecule has 0 saturated carbocycles. The number of benzene rings is 1. The number of rotatable bonds is 5. The van der Waals surface area contributed by atoms with Gasteiger partial charge in [-0.15, -0.1) is 0 Å². The van der Waals surface area contributed by atoms with Crippen molar-refractivity contribution in [2.24, 2.45) is 5.90 Å². The lowest BCUT2D eigenvalue weighted by Gasteiger charge is -2.25. The molecule has 0 aromatic heterocycles. The molecule has 0 radical (unpaired) electrons. The van der Waals surface area contributed by atoms with Crippen LogP contribution in [0.15, 0.2) is 18.2 Å². The quantitative estimate of drug-likeness (QED) is 0.771. The predicted molar refractivity (Wildman–Crippen MR) is 68.5 cm³/mol. The molecule has 1 aliphatic heterocycles. The zero-order valence-corrected chi connectivity index (χ0v) is 10.6. The molecule has 1 fully saturated rings. The van der Waals surface area contributed by atoms with Crippen molar-refractivity contribution in [2.75, 3.05) is 20.2 Å². The van der Waals surface area contributed by atoms with Gasteiger partial charge in [0.25, 0.3) is 0 Å². The van der Waals surface area contributed by atoms with Gasteiger partial charge < -0.3 is 14.8 Å². The molecule has 1 aliphatic rings. The number of nitrogens with one attached hydrogen (secondary N) is 1. The van der Waals surface area contributed by atoms with E-state index < -0.39 is 0 Å². The fourth-order valence-electron chi connectivity index (χ4n) is 2.10. The summed E-state index contributed by atoms with van der Waals surface area (Å²) in [7, 11) is 1.64. The molecule has 0 bridgehead atoms. The average Bonchev–Trinajstić information content (AvgIpc) is 2.41. The minimum Gasteiger partial charge on any atom is -0.493 e. The van der Waals surface area contributed by atoms with Crippen molar-refractivity contribution >= 4 is 0 Å². The molecular weight excluding hydrogens is 232 g/mol. The van der Waals surface area contributed by atoms with Crippen molar-refractivity contribution in [3.05, 3.63) is 23.8 Å². The van der Waals surface area contributed by atoms with E-state index in [4.69, 9.17) is 15.4 Å². The summed E-state index contributed by atoms with van der Waals surface area (Å²) in [4.78, 5) is 4.64. The Hall–Kier alpha value is -1.30. The van der Waals surface area contributed by atoms with Crippen molar-refractivity contribution in [3.8, 4) is 11.5 Å². The maximum atomic E-state index is 5.98. The van der Waals surface area contributed by atoms with E-state index in [9.17, 15) is 0 Å². The maximum absolute atomic E-state index is 5.98. The van der Waals surface area contributed by atoms with E-state index in [-0.39, 0.29) is 6.10 Å². The molecule has 18 heavy (non-hydrogen) atoms. The third-order valence-corrected chi connectivity index (χ3v) is 3.02. The highest BCUT2D eigenvalue weighted by Crippen LogP contribution is 2.30. The third-order valence-electron chi connectivity index (χ3n) is 3.02. The van der Waals surface area contributed by atoms with E-state index in [1.54, 1.807) is 7.11 Å². The summed E-state index contributed by atoms with van der Waals surface area (Å²) < 4.78 is 11.3. The van der Waals surface area contributed by atoms with E-state index in [0.717, 1.165) is 43.0 Å². The smallest absolute Gasteiger partial charge is 0.162 e. The number of hydrogen-bond donors (Lipinski definition) is 2. The summed E-state index contributed by atoms with van der Waals surface area (Å²) in [5.41, 5.74) is 0.970. The van der Waals surface area contributed by atoms with Gasteiger partial charge in [-0.05, 0) is 37.1 Å². The van der Waals surface area contributed by atoms with E-state index >= 15 is 0 Å². The van der Waals surface area contributed by atoms with Crippen LogP contribution >= 0.6 is 0 Å². The molecule has 1 saturated heterocycles. The number of piperidine rings is 1. The van der Waals surface area contributed by atoms with Crippen LogP contribution in [0.1, 0.15) is 18.4 Å². The van der Waals surface area contributed by atoms with Gasteiger partial charge in [-0.3, -0.25) is 4.84 Å². The second kappa shape index (κ2) is 6.58. The van der Waals surface area contributed by atoms with Crippen LogP contribution in [0.3, 0.4) is 0 Å². The first-order chi connectivity index (χ1) is 8.83. The summed E-state index contributed by atoms with van der Waals surface area (Å²) >= 11 is 0. The molecule has 1 aromatic carbocycles. The molecule has 1 aromatic rings. The van der Waals surface area contributed by atoms with Crippen LogP contribution in [0, 0.1) is 0 Å². The van der Waals surface area contributed by atoms with E-state index in [1.807, 2.05) is 18.2 Å². The van der Waals surface area contributed by atoms with Crippen LogP contribution in [-0.4, -0.2) is 26.3 Å². The average molecular weight is 252 g/mol. The van der Waals surface area contributed by atoms with E-state index in [1.165, 1.54) is 0 Å². The van der Waals surface area contributed by atoms with Crippen molar-refractivity contribution in [3.63, 3.8) is 0 Å². The molecule has 5 heteroatoms. The summed E-state index contributed by atoms with van der Waals surface area (Å²) in [6, 6.07) is 5.71. The lowest BCUT2D eigenvalue weighted by molar-refractivity contribution is 0.123.